The Labute approximate surface area is 390 Å². The molecule has 2 heteroatoms. The molecule has 0 aliphatic heterocycles. The van der Waals surface area contributed by atoms with Gasteiger partial charge < -0.3 is 10.6 Å². The number of hydrogen-bond donors (Lipinski definition) is 2. The first-order chi connectivity index (χ1) is 32.4. The van der Waals surface area contributed by atoms with Crippen molar-refractivity contribution in [1.29, 1.82) is 0 Å². The van der Waals surface area contributed by atoms with Crippen LogP contribution in [0, 0.1) is 13.8 Å². The zero-order chi connectivity index (χ0) is 45.0. The summed E-state index contributed by atoms with van der Waals surface area (Å²) < 4.78 is 0. The van der Waals surface area contributed by atoms with Crippen LogP contribution in [0.4, 0.5) is 22.7 Å². The third-order valence-corrected chi connectivity index (χ3v) is 13.1. The average molecular weight is 853 g/mol. The lowest BCUT2D eigenvalue weighted by molar-refractivity contribution is 0.922. The zero-order valence-electron chi connectivity index (χ0n) is 38.5. The van der Waals surface area contributed by atoms with Crippen LogP contribution in [0.25, 0.3) is 77.2 Å². The molecule has 66 heavy (non-hydrogen) atoms. The first kappa shape index (κ1) is 42.3. The topological polar surface area (TPSA) is 24.1 Å². The van der Waals surface area contributed by atoms with Gasteiger partial charge in [-0.15, -0.1) is 0 Å². The molecule has 0 bridgehead atoms. The molecule has 0 atom stereocenters. The molecule has 0 radical (unpaired) electrons. The van der Waals surface area contributed by atoms with E-state index in [9.17, 15) is 0 Å². The molecule has 10 aromatic rings. The van der Waals surface area contributed by atoms with Crippen molar-refractivity contribution in [2.75, 3.05) is 10.6 Å². The minimum Gasteiger partial charge on any atom is -0.356 e. The summed E-state index contributed by atoms with van der Waals surface area (Å²) in [6, 6.07) is 75.8. The Morgan fingerprint density at radius 1 is 0.303 bits per heavy atom. The third-order valence-electron chi connectivity index (χ3n) is 13.1. The molecule has 0 saturated heterocycles. The lowest BCUT2D eigenvalue weighted by atomic mass is 9.83. The standard InChI is InChI=1S/C64H56N2/c1-5-11-45-17-21-47(22-18-45)49-25-33-53(34-26-49)65-55-37-29-51(30-38-55)61-41-43(3)63(59-15-9-7-13-57(59)61)64-44(4)42-62(58-14-8-10-16-60(58)64)52-31-39-56(40-32-52)66-54-35-27-50(28-36-54)48-23-19-46(12-6-2)20-24-48/h7-10,13-42,65-66H,5-6,11-12H2,1-4H3. The molecule has 0 spiro atoms. The first-order valence-corrected chi connectivity index (χ1v) is 23.6. The monoisotopic (exact) mass is 852 g/mol. The molecule has 0 heterocycles. The molecular weight excluding hydrogens is 797 g/mol. The molecule has 2 nitrogen and oxygen atoms in total. The molecule has 0 aliphatic rings. The van der Waals surface area contributed by atoms with Crippen LogP contribution >= 0.6 is 0 Å². The molecule has 322 valence electrons. The van der Waals surface area contributed by atoms with E-state index < -0.39 is 0 Å². The Morgan fingerprint density at radius 3 is 0.879 bits per heavy atom. The second-order valence-electron chi connectivity index (χ2n) is 17.8. The average Bonchev–Trinajstić information content (AvgIpc) is 3.36. The number of aryl methyl sites for hydroxylation is 4. The van der Waals surface area contributed by atoms with Crippen molar-refractivity contribution in [2.24, 2.45) is 0 Å². The molecule has 0 amide bonds. The highest BCUT2D eigenvalue weighted by Gasteiger charge is 2.19. The minimum atomic E-state index is 1.07. The van der Waals surface area contributed by atoms with Crippen molar-refractivity contribution in [3.8, 4) is 55.6 Å². The highest BCUT2D eigenvalue weighted by atomic mass is 14.9. The van der Waals surface area contributed by atoms with Gasteiger partial charge >= 0.3 is 0 Å². The smallest absolute Gasteiger partial charge is 0.0384 e. The number of fused-ring (bicyclic) bond motifs is 2. The summed E-state index contributed by atoms with van der Waals surface area (Å²) in [5.74, 6) is 0. The molecule has 2 N–H and O–H groups in total. The quantitative estimate of drug-likeness (QED) is 0.121. The van der Waals surface area contributed by atoms with Gasteiger partial charge in [-0.3, -0.25) is 0 Å². The normalized spacial score (nSPS) is 11.3. The summed E-state index contributed by atoms with van der Waals surface area (Å²) in [6.45, 7) is 9.00. The second kappa shape index (κ2) is 18.8. The summed E-state index contributed by atoms with van der Waals surface area (Å²) in [5.41, 5.74) is 22.0. The van der Waals surface area contributed by atoms with Crippen molar-refractivity contribution >= 4 is 44.3 Å². The number of benzene rings is 10. The second-order valence-corrected chi connectivity index (χ2v) is 17.8. The van der Waals surface area contributed by atoms with Crippen LogP contribution in [-0.2, 0) is 12.8 Å². The lowest BCUT2D eigenvalue weighted by Gasteiger charge is -2.21. The van der Waals surface area contributed by atoms with Gasteiger partial charge in [0.15, 0.2) is 0 Å². The molecule has 10 aromatic carbocycles. The van der Waals surface area contributed by atoms with E-state index in [1.165, 1.54) is 112 Å². The summed E-state index contributed by atoms with van der Waals surface area (Å²) in [6.07, 6.45) is 4.58. The molecule has 0 saturated carbocycles. The Kier molecular flexibility index (Phi) is 12.0. The van der Waals surface area contributed by atoms with Gasteiger partial charge in [-0.2, -0.15) is 0 Å². The van der Waals surface area contributed by atoms with Gasteiger partial charge in [0.25, 0.3) is 0 Å². The van der Waals surface area contributed by atoms with Crippen molar-refractivity contribution in [3.05, 3.63) is 229 Å². The van der Waals surface area contributed by atoms with Gasteiger partial charge in [-0.1, -0.05) is 184 Å². The molecular formula is C64H56N2. The van der Waals surface area contributed by atoms with Crippen LogP contribution in [-0.4, -0.2) is 0 Å². The number of anilines is 4. The van der Waals surface area contributed by atoms with Gasteiger partial charge in [-0.25, -0.2) is 0 Å². The maximum absolute atomic E-state index is 3.63. The molecule has 0 aliphatic carbocycles. The largest absolute Gasteiger partial charge is 0.356 e. The van der Waals surface area contributed by atoms with E-state index in [4.69, 9.17) is 0 Å². The fourth-order valence-electron chi connectivity index (χ4n) is 9.77. The highest BCUT2D eigenvalue weighted by Crippen LogP contribution is 2.45. The van der Waals surface area contributed by atoms with Crippen LogP contribution in [0.1, 0.15) is 48.9 Å². The summed E-state index contributed by atoms with van der Waals surface area (Å²) in [7, 11) is 0. The fraction of sp³-hybridized carbons (Fsp3) is 0.125. The van der Waals surface area contributed by atoms with Crippen molar-refractivity contribution in [1.82, 2.24) is 0 Å². The molecule has 0 unspecified atom stereocenters. The van der Waals surface area contributed by atoms with Crippen LogP contribution in [0.3, 0.4) is 0 Å². The Balaban J connectivity index is 0.896. The van der Waals surface area contributed by atoms with E-state index >= 15 is 0 Å². The molecule has 0 fully saturated rings. The molecule has 10 rings (SSSR count). The van der Waals surface area contributed by atoms with Gasteiger partial charge in [0.1, 0.15) is 0 Å². The van der Waals surface area contributed by atoms with Crippen LogP contribution in [0.2, 0.25) is 0 Å². The van der Waals surface area contributed by atoms with Gasteiger partial charge in [0.05, 0.1) is 0 Å². The van der Waals surface area contributed by atoms with E-state index in [1.54, 1.807) is 0 Å². The van der Waals surface area contributed by atoms with Gasteiger partial charge in [-0.05, 0) is 175 Å². The minimum absolute atomic E-state index is 1.07. The van der Waals surface area contributed by atoms with E-state index in [2.05, 4.69) is 245 Å². The summed E-state index contributed by atoms with van der Waals surface area (Å²) in [5, 5.41) is 12.3. The maximum Gasteiger partial charge on any atom is 0.0384 e. The van der Waals surface area contributed by atoms with E-state index in [0.717, 1.165) is 35.6 Å². The highest BCUT2D eigenvalue weighted by molar-refractivity contribution is 6.14. The van der Waals surface area contributed by atoms with Crippen LogP contribution < -0.4 is 10.6 Å². The van der Waals surface area contributed by atoms with Crippen molar-refractivity contribution < 1.29 is 0 Å². The summed E-state index contributed by atoms with van der Waals surface area (Å²) >= 11 is 0. The van der Waals surface area contributed by atoms with Gasteiger partial charge in [0, 0.05) is 22.7 Å². The Bertz CT molecular complexity index is 3040. The predicted octanol–water partition coefficient (Wildman–Crippen LogP) is 18.3. The zero-order valence-corrected chi connectivity index (χ0v) is 38.5. The predicted molar refractivity (Wildman–Crippen MR) is 286 cm³/mol. The number of nitrogens with one attached hydrogen (secondary N) is 2. The van der Waals surface area contributed by atoms with Crippen LogP contribution in [0.5, 0.6) is 0 Å². The Hall–Kier alpha value is -7.68. The number of rotatable bonds is 13. The van der Waals surface area contributed by atoms with E-state index in [0.29, 0.717) is 0 Å². The van der Waals surface area contributed by atoms with E-state index in [1.807, 2.05) is 0 Å². The third kappa shape index (κ3) is 8.75. The summed E-state index contributed by atoms with van der Waals surface area (Å²) in [4.78, 5) is 0. The van der Waals surface area contributed by atoms with Crippen molar-refractivity contribution in [3.63, 3.8) is 0 Å². The van der Waals surface area contributed by atoms with Crippen LogP contribution in [0.15, 0.2) is 206 Å². The first-order valence-electron chi connectivity index (χ1n) is 23.6. The Morgan fingerprint density at radius 2 is 0.576 bits per heavy atom. The van der Waals surface area contributed by atoms with E-state index in [-0.39, 0.29) is 0 Å². The fourth-order valence-corrected chi connectivity index (χ4v) is 9.77. The lowest BCUT2D eigenvalue weighted by Crippen LogP contribution is -1.96. The molecule has 0 aromatic heterocycles. The number of hydrogen-bond acceptors (Lipinski definition) is 2. The SMILES string of the molecule is CCCc1ccc(-c2ccc(Nc3ccc(-c4cc(C)c(-c5c(C)cc(-c6ccc(Nc7ccc(-c8ccc(CCC)cc8)cc7)cc6)c6ccccc56)c5ccccc45)cc3)cc2)cc1. The van der Waals surface area contributed by atoms with Crippen molar-refractivity contribution in [2.45, 2.75) is 53.4 Å². The maximum atomic E-state index is 3.63. The van der Waals surface area contributed by atoms with Gasteiger partial charge in [0.2, 0.25) is 0 Å².